The van der Waals surface area contributed by atoms with E-state index in [1.165, 1.54) is 77.0 Å². The summed E-state index contributed by atoms with van der Waals surface area (Å²) in [5.41, 5.74) is 1.54. The molecule has 2 spiro atoms. The third-order valence-corrected chi connectivity index (χ3v) is 9.55. The lowest BCUT2D eigenvalue weighted by atomic mass is 9.41. The van der Waals surface area contributed by atoms with Crippen LogP contribution in [0.3, 0.4) is 0 Å². The van der Waals surface area contributed by atoms with Crippen molar-refractivity contribution in [3.05, 3.63) is 0 Å². The van der Waals surface area contributed by atoms with Crippen molar-refractivity contribution >= 4 is 0 Å². The molecule has 0 aromatic heterocycles. The fourth-order valence-corrected chi connectivity index (χ4v) is 8.68. The number of rotatable bonds is 0. The van der Waals surface area contributed by atoms with Gasteiger partial charge < -0.3 is 5.11 Å². The Morgan fingerprint density at radius 3 is 2.32 bits per heavy atom. The van der Waals surface area contributed by atoms with Crippen LogP contribution in [0.5, 0.6) is 0 Å². The third kappa shape index (κ3) is 1.60. The first-order valence-corrected chi connectivity index (χ1v) is 10.2. The summed E-state index contributed by atoms with van der Waals surface area (Å²) in [7, 11) is 0. The van der Waals surface area contributed by atoms with Gasteiger partial charge >= 0.3 is 0 Å². The molecular weight excluding hydrogens is 268 g/mol. The van der Waals surface area contributed by atoms with Crippen LogP contribution >= 0.6 is 0 Å². The zero-order valence-electron chi connectivity index (χ0n) is 14.5. The fourth-order valence-electron chi connectivity index (χ4n) is 8.68. The van der Waals surface area contributed by atoms with Gasteiger partial charge in [0.25, 0.3) is 0 Å². The molecule has 5 fully saturated rings. The molecule has 1 heteroatoms. The van der Waals surface area contributed by atoms with E-state index in [-0.39, 0.29) is 5.60 Å². The first kappa shape index (κ1) is 14.3. The Kier molecular flexibility index (Phi) is 2.81. The smallest absolute Gasteiger partial charge is 0.0684 e. The quantitative estimate of drug-likeness (QED) is 0.630. The minimum absolute atomic E-state index is 0.290. The maximum atomic E-state index is 11.5. The van der Waals surface area contributed by atoms with Gasteiger partial charge in [0.1, 0.15) is 0 Å². The van der Waals surface area contributed by atoms with Gasteiger partial charge in [-0.1, -0.05) is 32.6 Å². The minimum atomic E-state index is -0.290. The monoisotopic (exact) mass is 302 g/mol. The fraction of sp³-hybridized carbons (Fsp3) is 1.00. The van der Waals surface area contributed by atoms with Crippen LogP contribution in [-0.4, -0.2) is 10.7 Å². The molecule has 22 heavy (non-hydrogen) atoms. The van der Waals surface area contributed by atoms with E-state index in [4.69, 9.17) is 0 Å². The minimum Gasteiger partial charge on any atom is -0.390 e. The van der Waals surface area contributed by atoms with Gasteiger partial charge in [0, 0.05) is 0 Å². The number of aliphatic hydroxyl groups is 1. The van der Waals surface area contributed by atoms with Gasteiger partial charge in [-0.25, -0.2) is 0 Å². The summed E-state index contributed by atoms with van der Waals surface area (Å²) < 4.78 is 0. The van der Waals surface area contributed by atoms with Crippen LogP contribution in [0.4, 0.5) is 0 Å². The first-order chi connectivity index (χ1) is 10.5. The molecule has 5 rings (SSSR count). The van der Waals surface area contributed by atoms with Crippen LogP contribution < -0.4 is 0 Å². The van der Waals surface area contributed by atoms with Crippen molar-refractivity contribution in [2.24, 2.45) is 28.1 Å². The second-order valence-electron chi connectivity index (χ2n) is 10.4. The molecule has 124 valence electrons. The molecule has 0 aliphatic heterocycles. The van der Waals surface area contributed by atoms with E-state index < -0.39 is 0 Å². The molecule has 5 aliphatic rings. The predicted molar refractivity (Wildman–Crippen MR) is 89.5 cm³/mol. The van der Waals surface area contributed by atoms with Gasteiger partial charge in [-0.15, -0.1) is 0 Å². The van der Waals surface area contributed by atoms with E-state index in [2.05, 4.69) is 6.92 Å². The summed E-state index contributed by atoms with van der Waals surface area (Å²) >= 11 is 0. The highest BCUT2D eigenvalue weighted by Crippen LogP contribution is 2.77. The molecule has 0 saturated heterocycles. The second-order valence-corrected chi connectivity index (χ2v) is 10.4. The van der Waals surface area contributed by atoms with Gasteiger partial charge in [-0.05, 0) is 92.3 Å². The Balaban J connectivity index is 1.51. The van der Waals surface area contributed by atoms with Crippen molar-refractivity contribution in [1.29, 1.82) is 0 Å². The molecule has 0 heterocycles. The zero-order valence-corrected chi connectivity index (χ0v) is 14.5. The van der Waals surface area contributed by atoms with Crippen molar-refractivity contribution in [1.82, 2.24) is 0 Å². The summed E-state index contributed by atoms with van der Waals surface area (Å²) in [4.78, 5) is 0. The maximum Gasteiger partial charge on any atom is 0.0684 e. The van der Waals surface area contributed by atoms with Gasteiger partial charge in [-0.3, -0.25) is 0 Å². The maximum absolute atomic E-state index is 11.5. The second kappa shape index (κ2) is 4.32. The van der Waals surface area contributed by atoms with E-state index in [0.717, 1.165) is 18.8 Å². The van der Waals surface area contributed by atoms with E-state index in [9.17, 15) is 5.11 Å². The predicted octanol–water partition coefficient (Wildman–Crippen LogP) is 5.46. The standard InChI is InChI=1S/C21H34O/c1-18-7-4-12-21(22,15-18)17-14-20(16(17)6-13-18)11-5-10-19(20)8-2-3-9-19/h16-17,22H,2-15H2,1H3. The lowest BCUT2D eigenvalue weighted by molar-refractivity contribution is -0.205. The number of fused-ring (bicyclic) bond motifs is 6. The molecule has 0 radical (unpaired) electrons. The number of hydrogen-bond donors (Lipinski definition) is 1. The Hall–Kier alpha value is -0.0400. The van der Waals surface area contributed by atoms with Gasteiger partial charge in [-0.2, -0.15) is 0 Å². The van der Waals surface area contributed by atoms with Gasteiger partial charge in [0.2, 0.25) is 0 Å². The third-order valence-electron chi connectivity index (χ3n) is 9.55. The van der Waals surface area contributed by atoms with Crippen molar-refractivity contribution in [3.63, 3.8) is 0 Å². The van der Waals surface area contributed by atoms with Crippen LogP contribution in [0.1, 0.15) is 96.8 Å². The summed E-state index contributed by atoms with van der Waals surface area (Å²) in [6.45, 7) is 2.48. The Morgan fingerprint density at radius 1 is 0.773 bits per heavy atom. The van der Waals surface area contributed by atoms with Crippen molar-refractivity contribution in [2.75, 3.05) is 0 Å². The average Bonchev–Trinajstić information content (AvgIpc) is 3.04. The Labute approximate surface area is 136 Å². The molecule has 1 nitrogen and oxygen atoms in total. The molecule has 5 unspecified atom stereocenters. The molecule has 5 atom stereocenters. The highest BCUT2D eigenvalue weighted by atomic mass is 16.3. The van der Waals surface area contributed by atoms with Crippen molar-refractivity contribution in [2.45, 2.75) is 102 Å². The molecule has 5 aliphatic carbocycles. The van der Waals surface area contributed by atoms with E-state index >= 15 is 0 Å². The largest absolute Gasteiger partial charge is 0.390 e. The highest BCUT2D eigenvalue weighted by Gasteiger charge is 2.70. The molecular formula is C21H34O. The van der Waals surface area contributed by atoms with E-state index in [1.807, 2.05) is 0 Å². The zero-order chi connectivity index (χ0) is 15.1. The molecule has 0 amide bonds. The van der Waals surface area contributed by atoms with Gasteiger partial charge in [0.15, 0.2) is 0 Å². The SMILES string of the molecule is CC12CCCC(O)(C1)C1CC3(CCCC34CCCC4)C1CC2. The van der Waals surface area contributed by atoms with Crippen LogP contribution in [0, 0.1) is 28.1 Å². The van der Waals surface area contributed by atoms with Crippen LogP contribution in [0.2, 0.25) is 0 Å². The Morgan fingerprint density at radius 2 is 1.50 bits per heavy atom. The molecule has 5 saturated carbocycles. The van der Waals surface area contributed by atoms with E-state index in [0.29, 0.717) is 22.2 Å². The summed E-state index contributed by atoms with van der Waals surface area (Å²) in [6, 6.07) is 0. The van der Waals surface area contributed by atoms with Crippen LogP contribution in [0.25, 0.3) is 0 Å². The molecule has 1 N–H and O–H groups in total. The van der Waals surface area contributed by atoms with Crippen LogP contribution in [-0.2, 0) is 0 Å². The van der Waals surface area contributed by atoms with Crippen molar-refractivity contribution < 1.29 is 5.11 Å². The normalized spacial score (nSPS) is 55.9. The van der Waals surface area contributed by atoms with Crippen molar-refractivity contribution in [3.8, 4) is 0 Å². The molecule has 2 bridgehead atoms. The molecule has 0 aromatic rings. The van der Waals surface area contributed by atoms with Crippen LogP contribution in [0.15, 0.2) is 0 Å². The lowest BCUT2D eigenvalue weighted by Gasteiger charge is -2.65. The van der Waals surface area contributed by atoms with E-state index in [1.54, 1.807) is 0 Å². The first-order valence-electron chi connectivity index (χ1n) is 10.2. The highest BCUT2D eigenvalue weighted by molar-refractivity contribution is 5.20. The topological polar surface area (TPSA) is 20.2 Å². The summed E-state index contributed by atoms with van der Waals surface area (Å²) in [6.07, 6.45) is 19.6. The molecule has 0 aromatic carbocycles. The average molecular weight is 303 g/mol. The van der Waals surface area contributed by atoms with Gasteiger partial charge in [0.05, 0.1) is 5.60 Å². The summed E-state index contributed by atoms with van der Waals surface area (Å²) in [5.74, 6) is 1.53. The lowest BCUT2D eigenvalue weighted by Crippen LogP contribution is -2.61. The number of hydrogen-bond acceptors (Lipinski definition) is 1. The Bertz CT molecular complexity index is 473. The summed E-state index contributed by atoms with van der Waals surface area (Å²) in [5, 5.41) is 11.5.